The van der Waals surface area contributed by atoms with Crippen LogP contribution in [0.2, 0.25) is 40.2 Å². The van der Waals surface area contributed by atoms with Crippen molar-refractivity contribution in [2.75, 3.05) is 21.3 Å². The maximum absolute atomic E-state index is 13.3. The number of anilines is 4. The van der Waals surface area contributed by atoms with E-state index in [9.17, 15) is 28.8 Å². The monoisotopic (exact) mass is 994 g/mol. The van der Waals surface area contributed by atoms with E-state index in [4.69, 9.17) is 92.8 Å². The number of Topliss-reactive ketones (excluding diaryl/α,β-unsaturated/α-hetero) is 2. The number of carbonyl (C=O) groups excluding carboxylic acids is 6. The maximum atomic E-state index is 13.3. The van der Waals surface area contributed by atoms with Gasteiger partial charge in [-0.25, -0.2) is 0 Å². The Morgan fingerprint density at radius 2 is 0.790 bits per heavy atom. The van der Waals surface area contributed by atoms with E-state index < -0.39 is 47.3 Å². The average molecular weight is 998 g/mol. The lowest BCUT2D eigenvalue weighted by molar-refractivity contribution is -0.127. The molecular weight excluding hydrogens is 972 g/mol. The predicted octanol–water partition coefficient (Wildman–Crippen LogP) is 12.8. The highest BCUT2D eigenvalue weighted by Crippen LogP contribution is 2.37. The molecule has 0 saturated heterocycles. The highest BCUT2D eigenvalue weighted by molar-refractivity contribution is 6.46. The lowest BCUT2D eigenvalue weighted by Crippen LogP contribution is -2.32. The summed E-state index contributed by atoms with van der Waals surface area (Å²) >= 11 is 49.5. The number of azo groups is 2. The Hall–Kier alpha value is -5.16. The third-order valence-electron chi connectivity index (χ3n) is 8.09. The zero-order chi connectivity index (χ0) is 45.4. The Balaban J connectivity index is 1.26. The van der Waals surface area contributed by atoms with Crippen LogP contribution in [0.15, 0.2) is 105 Å². The third-order valence-corrected chi connectivity index (χ3v) is 10.5. The van der Waals surface area contributed by atoms with Gasteiger partial charge < -0.3 is 21.3 Å². The van der Waals surface area contributed by atoms with Crippen molar-refractivity contribution in [3.63, 3.8) is 0 Å². The normalized spacial score (nSPS) is 12.2. The van der Waals surface area contributed by atoms with Gasteiger partial charge in [-0.05, 0) is 98.8 Å². The number of ketones is 2. The summed E-state index contributed by atoms with van der Waals surface area (Å²) in [6.45, 7) is 2.21. The van der Waals surface area contributed by atoms with E-state index in [-0.39, 0.29) is 75.4 Å². The van der Waals surface area contributed by atoms with Crippen molar-refractivity contribution in [2.24, 2.45) is 20.5 Å². The van der Waals surface area contributed by atoms with Gasteiger partial charge in [-0.2, -0.15) is 20.5 Å². The van der Waals surface area contributed by atoms with Gasteiger partial charge in [0.1, 0.15) is 0 Å². The molecule has 5 aromatic rings. The summed E-state index contributed by atoms with van der Waals surface area (Å²) in [5.74, 6) is -4.53. The Kier molecular flexibility index (Phi) is 16.4. The molecule has 0 aromatic heterocycles. The van der Waals surface area contributed by atoms with Gasteiger partial charge in [-0.3, -0.25) is 28.8 Å². The second kappa shape index (κ2) is 21.3. The molecule has 2 atom stereocenters. The molecule has 0 spiro atoms. The summed E-state index contributed by atoms with van der Waals surface area (Å²) < 4.78 is 0. The van der Waals surface area contributed by atoms with Gasteiger partial charge in [0.2, 0.25) is 12.1 Å². The molecule has 0 aliphatic heterocycles. The molecular formula is C40H26Cl8N8O6. The summed E-state index contributed by atoms with van der Waals surface area (Å²) in [7, 11) is 0. The van der Waals surface area contributed by atoms with E-state index in [1.165, 1.54) is 84.9 Å². The predicted molar refractivity (Wildman–Crippen MR) is 243 cm³/mol. The Bertz CT molecular complexity index is 2530. The van der Waals surface area contributed by atoms with Gasteiger partial charge in [0.15, 0.2) is 11.6 Å². The van der Waals surface area contributed by atoms with Crippen molar-refractivity contribution in [2.45, 2.75) is 25.9 Å². The molecule has 0 heterocycles. The molecule has 0 aliphatic rings. The standard InChI is InChI=1S/C40H26Cl8N8O6/c1-17(57)35(55-53-25-11-19(9-23(43)13-25)37(59)49-29-5-3-21(41)15-27(29)45)39(61)51-31-7-8-32(34(48)33(31)47)52-40(62)36(18(2)58)56-54-26-12-20(10-24(44)14-26)38(60)50-30-6-4-22(42)16-28(30)46/h3-16,35-36H,1-2H3,(H,49,59)(H,50,60)(H,51,61)(H,52,62). The molecule has 5 rings (SSSR count). The first-order valence-corrected chi connectivity index (χ1v) is 20.4. The van der Waals surface area contributed by atoms with Crippen LogP contribution < -0.4 is 21.3 Å². The minimum atomic E-state index is -1.69. The molecule has 0 bridgehead atoms. The van der Waals surface area contributed by atoms with Crippen LogP contribution in [0.5, 0.6) is 0 Å². The van der Waals surface area contributed by atoms with Crippen molar-refractivity contribution in [1.29, 1.82) is 0 Å². The van der Waals surface area contributed by atoms with Crippen LogP contribution in [0, 0.1) is 0 Å². The fourth-order valence-corrected chi connectivity index (χ4v) is 6.92. The Morgan fingerprint density at radius 3 is 1.13 bits per heavy atom. The lowest BCUT2D eigenvalue weighted by atomic mass is 10.1. The molecule has 0 saturated carbocycles. The lowest BCUT2D eigenvalue weighted by Gasteiger charge is -2.15. The molecule has 2 unspecified atom stereocenters. The van der Waals surface area contributed by atoms with Gasteiger partial charge >= 0.3 is 0 Å². The molecule has 4 amide bonds. The van der Waals surface area contributed by atoms with E-state index in [1.54, 1.807) is 0 Å². The third kappa shape index (κ3) is 12.7. The molecule has 4 N–H and O–H groups in total. The highest BCUT2D eigenvalue weighted by Gasteiger charge is 2.27. The fraction of sp³-hybridized carbons (Fsp3) is 0.100. The highest BCUT2D eigenvalue weighted by atomic mass is 35.5. The smallest absolute Gasteiger partial charge is 0.258 e. The Morgan fingerprint density at radius 1 is 0.435 bits per heavy atom. The average Bonchev–Trinajstić information content (AvgIpc) is 3.19. The van der Waals surface area contributed by atoms with Gasteiger partial charge in [-0.1, -0.05) is 92.8 Å². The molecule has 0 radical (unpaired) electrons. The molecule has 22 heteroatoms. The molecule has 14 nitrogen and oxygen atoms in total. The van der Waals surface area contributed by atoms with Gasteiger partial charge in [0.25, 0.3) is 23.6 Å². The van der Waals surface area contributed by atoms with Crippen LogP contribution in [0.1, 0.15) is 34.6 Å². The fourth-order valence-electron chi connectivity index (χ4n) is 5.13. The number of hydrogen-bond donors (Lipinski definition) is 4. The van der Waals surface area contributed by atoms with Crippen LogP contribution in [0.4, 0.5) is 34.1 Å². The number of hydrogen-bond acceptors (Lipinski definition) is 10. The number of rotatable bonds is 14. The minimum absolute atomic E-state index is 0.0363. The summed E-state index contributed by atoms with van der Waals surface area (Å²) in [5, 5.41) is 26.7. The number of benzene rings is 5. The number of nitrogens with one attached hydrogen (secondary N) is 4. The van der Waals surface area contributed by atoms with Crippen LogP contribution >= 0.6 is 92.8 Å². The molecule has 318 valence electrons. The number of carbonyl (C=O) groups is 6. The van der Waals surface area contributed by atoms with Crippen LogP contribution in [-0.4, -0.2) is 47.3 Å². The second-order valence-electron chi connectivity index (χ2n) is 12.8. The molecule has 62 heavy (non-hydrogen) atoms. The van der Waals surface area contributed by atoms with Crippen LogP contribution in [0.25, 0.3) is 0 Å². The van der Waals surface area contributed by atoms with E-state index >= 15 is 0 Å². The van der Waals surface area contributed by atoms with Crippen LogP contribution in [0.3, 0.4) is 0 Å². The largest absolute Gasteiger partial charge is 0.322 e. The van der Waals surface area contributed by atoms with Gasteiger partial charge in [-0.15, -0.1) is 0 Å². The minimum Gasteiger partial charge on any atom is -0.322 e. The summed E-state index contributed by atoms with van der Waals surface area (Å²) in [5.41, 5.74) is 0.605. The van der Waals surface area contributed by atoms with Gasteiger partial charge in [0.05, 0.1) is 54.2 Å². The van der Waals surface area contributed by atoms with Crippen molar-refractivity contribution in [1.82, 2.24) is 0 Å². The zero-order valence-electron chi connectivity index (χ0n) is 31.5. The number of halogens is 8. The van der Waals surface area contributed by atoms with E-state index in [2.05, 4.69) is 41.7 Å². The zero-order valence-corrected chi connectivity index (χ0v) is 37.5. The van der Waals surface area contributed by atoms with E-state index in [0.717, 1.165) is 13.8 Å². The summed E-state index contributed by atoms with van der Waals surface area (Å²) in [6.07, 6.45) is 0. The molecule has 5 aromatic carbocycles. The first-order valence-electron chi connectivity index (χ1n) is 17.4. The van der Waals surface area contributed by atoms with Crippen molar-refractivity contribution in [3.8, 4) is 0 Å². The Labute approximate surface area is 392 Å². The maximum Gasteiger partial charge on any atom is 0.258 e. The van der Waals surface area contributed by atoms with Crippen molar-refractivity contribution >= 4 is 162 Å². The quantitative estimate of drug-likeness (QED) is 0.0630. The summed E-state index contributed by atoms with van der Waals surface area (Å²) in [6, 6.07) is 16.2. The number of amides is 4. The first-order chi connectivity index (χ1) is 29.3. The summed E-state index contributed by atoms with van der Waals surface area (Å²) in [4.78, 5) is 77.5. The van der Waals surface area contributed by atoms with Crippen molar-refractivity contribution in [3.05, 3.63) is 136 Å². The molecule has 0 fully saturated rings. The number of nitrogens with zero attached hydrogens (tertiary/aromatic N) is 4. The van der Waals surface area contributed by atoms with Gasteiger partial charge in [0, 0.05) is 31.2 Å². The molecule has 0 aliphatic carbocycles. The van der Waals surface area contributed by atoms with E-state index in [0.29, 0.717) is 10.0 Å². The van der Waals surface area contributed by atoms with Crippen LogP contribution in [-0.2, 0) is 19.2 Å². The van der Waals surface area contributed by atoms with Crippen molar-refractivity contribution < 1.29 is 28.8 Å². The second-order valence-corrected chi connectivity index (χ2v) is 16.1. The topological polar surface area (TPSA) is 200 Å². The SMILES string of the molecule is CC(=O)C(N=Nc1cc(Cl)cc(C(=O)Nc2ccc(Cl)cc2Cl)c1)C(=O)Nc1ccc(NC(=O)C(N=Nc2cc(Cl)cc(C(=O)Nc3ccc(Cl)cc3Cl)c2)C(C)=O)c(Cl)c1Cl. The first kappa shape index (κ1) is 47.9. The van der Waals surface area contributed by atoms with E-state index in [1.807, 2.05) is 0 Å².